The summed E-state index contributed by atoms with van der Waals surface area (Å²) in [6, 6.07) is 0. The molecule has 0 aliphatic carbocycles. The normalized spacial score (nSPS) is 39.9. The third-order valence-corrected chi connectivity index (χ3v) is 4.78. The Kier molecular flexibility index (Phi) is 4.88. The summed E-state index contributed by atoms with van der Waals surface area (Å²) in [6.07, 6.45) is 4.65. The van der Waals surface area contributed by atoms with Crippen LogP contribution in [-0.4, -0.2) is 43.5 Å². The molecule has 3 N–H and O–H groups in total. The monoisotopic (exact) mass is 270 g/mol. The summed E-state index contributed by atoms with van der Waals surface area (Å²) >= 11 is 0. The Hall–Kier alpha value is -0.160. The SMILES string of the molecule is CC(C)C1CC(CN)(NCC2(C)CCCO2)CCO1. The van der Waals surface area contributed by atoms with Gasteiger partial charge in [-0.25, -0.2) is 0 Å². The van der Waals surface area contributed by atoms with Crippen molar-refractivity contribution in [3.05, 3.63) is 0 Å². The molecular formula is C15H30N2O2. The van der Waals surface area contributed by atoms with Gasteiger partial charge in [0.05, 0.1) is 11.7 Å². The second-order valence-electron chi connectivity index (χ2n) is 6.85. The van der Waals surface area contributed by atoms with Crippen LogP contribution in [0.3, 0.4) is 0 Å². The van der Waals surface area contributed by atoms with Crippen molar-refractivity contribution >= 4 is 0 Å². The molecule has 0 bridgehead atoms. The van der Waals surface area contributed by atoms with E-state index in [0.29, 0.717) is 18.6 Å². The Labute approximate surface area is 117 Å². The van der Waals surface area contributed by atoms with Gasteiger partial charge in [-0.1, -0.05) is 13.8 Å². The van der Waals surface area contributed by atoms with Crippen LogP contribution < -0.4 is 11.1 Å². The Morgan fingerprint density at radius 3 is 2.68 bits per heavy atom. The summed E-state index contributed by atoms with van der Waals surface area (Å²) < 4.78 is 11.7. The summed E-state index contributed by atoms with van der Waals surface area (Å²) in [7, 11) is 0. The highest BCUT2D eigenvalue weighted by atomic mass is 16.5. The number of rotatable bonds is 5. The second kappa shape index (κ2) is 6.08. The van der Waals surface area contributed by atoms with E-state index in [1.54, 1.807) is 0 Å². The molecule has 0 amide bonds. The molecule has 19 heavy (non-hydrogen) atoms. The zero-order chi connectivity index (χ0) is 13.9. The predicted octanol–water partition coefficient (Wildman–Crippen LogP) is 1.68. The third-order valence-electron chi connectivity index (χ3n) is 4.78. The molecular weight excluding hydrogens is 240 g/mol. The summed E-state index contributed by atoms with van der Waals surface area (Å²) in [4.78, 5) is 0. The number of nitrogens with two attached hydrogens (primary N) is 1. The molecule has 2 aliphatic rings. The molecule has 3 atom stereocenters. The average molecular weight is 270 g/mol. The Bertz CT molecular complexity index is 290. The van der Waals surface area contributed by atoms with Crippen molar-refractivity contribution in [3.63, 3.8) is 0 Å². The fraction of sp³-hybridized carbons (Fsp3) is 1.00. The topological polar surface area (TPSA) is 56.5 Å². The smallest absolute Gasteiger partial charge is 0.0779 e. The molecule has 112 valence electrons. The molecule has 4 nitrogen and oxygen atoms in total. The molecule has 0 radical (unpaired) electrons. The number of nitrogens with one attached hydrogen (secondary N) is 1. The van der Waals surface area contributed by atoms with Crippen LogP contribution in [0.5, 0.6) is 0 Å². The number of hydrogen-bond acceptors (Lipinski definition) is 4. The summed E-state index contributed by atoms with van der Waals surface area (Å²) in [5.41, 5.74) is 6.09. The van der Waals surface area contributed by atoms with Gasteiger partial charge in [0.2, 0.25) is 0 Å². The first-order chi connectivity index (χ1) is 8.99. The lowest BCUT2D eigenvalue weighted by Gasteiger charge is -2.43. The van der Waals surface area contributed by atoms with E-state index in [4.69, 9.17) is 15.2 Å². The van der Waals surface area contributed by atoms with E-state index in [1.165, 1.54) is 6.42 Å². The quantitative estimate of drug-likeness (QED) is 0.798. The maximum atomic E-state index is 6.07. The molecule has 2 rings (SSSR count). The van der Waals surface area contributed by atoms with Crippen molar-refractivity contribution in [3.8, 4) is 0 Å². The third kappa shape index (κ3) is 3.69. The van der Waals surface area contributed by atoms with Gasteiger partial charge in [0.1, 0.15) is 0 Å². The van der Waals surface area contributed by atoms with E-state index in [2.05, 4.69) is 26.1 Å². The second-order valence-corrected chi connectivity index (χ2v) is 6.85. The minimum Gasteiger partial charge on any atom is -0.378 e. The van der Waals surface area contributed by atoms with Crippen LogP contribution in [0.2, 0.25) is 0 Å². The van der Waals surface area contributed by atoms with Gasteiger partial charge in [0.25, 0.3) is 0 Å². The van der Waals surface area contributed by atoms with Crippen LogP contribution in [0.25, 0.3) is 0 Å². The van der Waals surface area contributed by atoms with E-state index in [9.17, 15) is 0 Å². The lowest BCUT2D eigenvalue weighted by atomic mass is 9.82. The van der Waals surface area contributed by atoms with Gasteiger partial charge in [-0.3, -0.25) is 0 Å². The van der Waals surface area contributed by atoms with Crippen molar-refractivity contribution in [1.82, 2.24) is 5.32 Å². The van der Waals surface area contributed by atoms with E-state index in [-0.39, 0.29) is 11.1 Å². The molecule has 2 saturated heterocycles. The molecule has 0 aromatic rings. The van der Waals surface area contributed by atoms with Gasteiger partial charge in [0.15, 0.2) is 0 Å². The van der Waals surface area contributed by atoms with Gasteiger partial charge in [-0.15, -0.1) is 0 Å². The molecule has 2 heterocycles. The van der Waals surface area contributed by atoms with E-state index in [1.807, 2.05) is 0 Å². The molecule has 0 aromatic heterocycles. The Morgan fingerprint density at radius 2 is 2.11 bits per heavy atom. The summed E-state index contributed by atoms with van der Waals surface area (Å²) in [5, 5.41) is 3.72. The largest absolute Gasteiger partial charge is 0.378 e. The highest BCUT2D eigenvalue weighted by Crippen LogP contribution is 2.30. The maximum absolute atomic E-state index is 6.07. The zero-order valence-electron chi connectivity index (χ0n) is 12.7. The van der Waals surface area contributed by atoms with Gasteiger partial charge in [0, 0.05) is 31.8 Å². The van der Waals surface area contributed by atoms with Crippen molar-refractivity contribution in [2.24, 2.45) is 11.7 Å². The molecule has 0 saturated carbocycles. The average Bonchev–Trinajstić information content (AvgIpc) is 2.84. The number of hydrogen-bond donors (Lipinski definition) is 2. The molecule has 2 fully saturated rings. The molecule has 2 aliphatic heterocycles. The highest BCUT2D eigenvalue weighted by molar-refractivity contribution is 4.97. The predicted molar refractivity (Wildman–Crippen MR) is 77.2 cm³/mol. The lowest BCUT2D eigenvalue weighted by Crippen LogP contribution is -2.60. The minimum absolute atomic E-state index is 0.00615. The van der Waals surface area contributed by atoms with E-state index in [0.717, 1.165) is 39.0 Å². The van der Waals surface area contributed by atoms with Gasteiger partial charge >= 0.3 is 0 Å². The van der Waals surface area contributed by atoms with Crippen molar-refractivity contribution in [1.29, 1.82) is 0 Å². The standard InChI is InChI=1S/C15H30N2O2/c1-12(2)13-9-15(10-16,6-8-18-13)17-11-14(3)5-4-7-19-14/h12-13,17H,4-11,16H2,1-3H3. The van der Waals surface area contributed by atoms with Gasteiger partial charge in [-0.05, 0) is 38.5 Å². The van der Waals surface area contributed by atoms with E-state index >= 15 is 0 Å². The highest BCUT2D eigenvalue weighted by Gasteiger charge is 2.39. The van der Waals surface area contributed by atoms with Crippen molar-refractivity contribution in [2.75, 3.05) is 26.3 Å². The zero-order valence-corrected chi connectivity index (χ0v) is 12.7. The van der Waals surface area contributed by atoms with Crippen LogP contribution in [-0.2, 0) is 9.47 Å². The first kappa shape index (κ1) is 15.2. The summed E-state index contributed by atoms with van der Waals surface area (Å²) in [5.74, 6) is 0.548. The number of ether oxygens (including phenoxy) is 2. The van der Waals surface area contributed by atoms with E-state index < -0.39 is 0 Å². The Morgan fingerprint density at radius 1 is 1.32 bits per heavy atom. The van der Waals surface area contributed by atoms with Gasteiger partial charge in [-0.2, -0.15) is 0 Å². The van der Waals surface area contributed by atoms with Crippen molar-refractivity contribution < 1.29 is 9.47 Å². The molecule has 0 aromatic carbocycles. The van der Waals surface area contributed by atoms with Crippen molar-refractivity contribution in [2.45, 2.75) is 63.7 Å². The van der Waals surface area contributed by atoms with Crippen LogP contribution in [0.15, 0.2) is 0 Å². The minimum atomic E-state index is -0.00615. The first-order valence-electron chi connectivity index (χ1n) is 7.69. The van der Waals surface area contributed by atoms with Crippen LogP contribution in [0.4, 0.5) is 0 Å². The first-order valence-corrected chi connectivity index (χ1v) is 7.69. The van der Waals surface area contributed by atoms with Crippen LogP contribution >= 0.6 is 0 Å². The summed E-state index contributed by atoms with van der Waals surface area (Å²) in [6.45, 7) is 9.93. The Balaban J connectivity index is 1.93. The van der Waals surface area contributed by atoms with Crippen LogP contribution in [0, 0.1) is 5.92 Å². The molecule has 4 heteroatoms. The lowest BCUT2D eigenvalue weighted by molar-refractivity contribution is -0.0571. The maximum Gasteiger partial charge on any atom is 0.0779 e. The fourth-order valence-electron chi connectivity index (χ4n) is 3.15. The van der Waals surface area contributed by atoms with Crippen LogP contribution in [0.1, 0.15) is 46.5 Å². The van der Waals surface area contributed by atoms with Gasteiger partial charge < -0.3 is 20.5 Å². The fourth-order valence-corrected chi connectivity index (χ4v) is 3.15. The molecule has 3 unspecified atom stereocenters. The molecule has 0 spiro atoms.